The number of anilines is 1. The third-order valence-corrected chi connectivity index (χ3v) is 4.01. The van der Waals surface area contributed by atoms with E-state index in [0.29, 0.717) is 5.13 Å². The summed E-state index contributed by atoms with van der Waals surface area (Å²) in [4.78, 5) is 16.5. The van der Waals surface area contributed by atoms with Crippen LogP contribution in [0.5, 0.6) is 0 Å². The number of pyridine rings is 1. The zero-order valence-electron chi connectivity index (χ0n) is 10.7. The molecule has 0 aliphatic heterocycles. The predicted molar refractivity (Wildman–Crippen MR) is 81.7 cm³/mol. The number of nitrogens with two attached hydrogens (primary N) is 1. The molecule has 4 rings (SSSR count). The molecule has 3 N–H and O–H groups in total. The highest BCUT2D eigenvalue weighted by Crippen LogP contribution is 2.28. The first-order valence-corrected chi connectivity index (χ1v) is 7.00. The minimum Gasteiger partial charge on any atom is -0.375 e. The van der Waals surface area contributed by atoms with Crippen LogP contribution in [0.3, 0.4) is 0 Å². The molecule has 0 aliphatic carbocycles. The Morgan fingerprint density at radius 2 is 2.00 bits per heavy atom. The Morgan fingerprint density at radius 1 is 1.10 bits per heavy atom. The smallest absolute Gasteiger partial charge is 0.181 e. The van der Waals surface area contributed by atoms with E-state index in [1.54, 1.807) is 0 Å². The van der Waals surface area contributed by atoms with Crippen LogP contribution in [0.1, 0.15) is 5.69 Å². The SMILES string of the molecule is Cc1ccc2[nH]c(-c3ccc4nc(N)sc4c3)nc2n1. The summed E-state index contributed by atoms with van der Waals surface area (Å²) in [5.41, 5.74) is 10.3. The number of benzene rings is 1. The van der Waals surface area contributed by atoms with Crippen molar-refractivity contribution >= 4 is 37.8 Å². The Balaban J connectivity index is 1.90. The first-order chi connectivity index (χ1) is 9.69. The van der Waals surface area contributed by atoms with Gasteiger partial charge in [0.15, 0.2) is 10.8 Å². The number of nitrogens with zero attached hydrogens (tertiary/aromatic N) is 3. The van der Waals surface area contributed by atoms with Crippen molar-refractivity contribution in [3.8, 4) is 11.4 Å². The lowest BCUT2D eigenvalue weighted by atomic mass is 10.2. The number of fused-ring (bicyclic) bond motifs is 2. The lowest BCUT2D eigenvalue weighted by Crippen LogP contribution is -1.81. The first-order valence-electron chi connectivity index (χ1n) is 6.19. The number of nitrogens with one attached hydrogen (secondary N) is 1. The van der Waals surface area contributed by atoms with Gasteiger partial charge in [-0.3, -0.25) is 0 Å². The lowest BCUT2D eigenvalue weighted by molar-refractivity contribution is 1.22. The number of aromatic amines is 1. The summed E-state index contributed by atoms with van der Waals surface area (Å²) in [5, 5.41) is 0.582. The van der Waals surface area contributed by atoms with E-state index < -0.39 is 0 Å². The summed E-state index contributed by atoms with van der Waals surface area (Å²) in [7, 11) is 0. The van der Waals surface area contributed by atoms with Gasteiger partial charge in [0.25, 0.3) is 0 Å². The zero-order valence-corrected chi connectivity index (χ0v) is 11.5. The standard InChI is InChI=1S/C14H11N5S/c1-7-2-4-10-13(16-7)19-12(17-10)8-3-5-9-11(6-8)20-14(15)18-9/h2-6H,1H3,(H2,15,18)(H,16,17,19). The lowest BCUT2D eigenvalue weighted by Gasteiger charge is -1.95. The van der Waals surface area contributed by atoms with Crippen LogP contribution in [0.2, 0.25) is 0 Å². The van der Waals surface area contributed by atoms with Crippen molar-refractivity contribution in [1.82, 2.24) is 19.9 Å². The summed E-state index contributed by atoms with van der Waals surface area (Å²) in [5.74, 6) is 0.812. The van der Waals surface area contributed by atoms with Crippen molar-refractivity contribution in [3.63, 3.8) is 0 Å². The molecule has 0 saturated heterocycles. The van der Waals surface area contributed by atoms with Crippen molar-refractivity contribution in [1.29, 1.82) is 0 Å². The zero-order chi connectivity index (χ0) is 13.7. The number of nitrogen functional groups attached to an aromatic ring is 1. The van der Waals surface area contributed by atoms with Gasteiger partial charge in [0.2, 0.25) is 0 Å². The molecule has 0 saturated carbocycles. The number of thiazole rings is 1. The minimum atomic E-state index is 0.582. The summed E-state index contributed by atoms with van der Waals surface area (Å²) in [6.45, 7) is 1.96. The van der Waals surface area contributed by atoms with Gasteiger partial charge < -0.3 is 10.7 Å². The molecule has 6 heteroatoms. The molecule has 0 fully saturated rings. The van der Waals surface area contributed by atoms with Crippen LogP contribution in [0.15, 0.2) is 30.3 Å². The van der Waals surface area contributed by atoms with Gasteiger partial charge in [-0.2, -0.15) is 0 Å². The van der Waals surface area contributed by atoms with Gasteiger partial charge in [-0.1, -0.05) is 11.3 Å². The van der Waals surface area contributed by atoms with E-state index in [-0.39, 0.29) is 0 Å². The van der Waals surface area contributed by atoms with Crippen molar-refractivity contribution in [2.75, 3.05) is 5.73 Å². The molecule has 3 heterocycles. The molecule has 0 bridgehead atoms. The van der Waals surface area contributed by atoms with Crippen LogP contribution in [-0.4, -0.2) is 19.9 Å². The van der Waals surface area contributed by atoms with E-state index in [1.165, 1.54) is 11.3 Å². The maximum atomic E-state index is 5.73. The first kappa shape index (κ1) is 11.4. The number of H-pyrrole nitrogens is 1. The monoisotopic (exact) mass is 281 g/mol. The Hall–Kier alpha value is -2.47. The second-order valence-corrected chi connectivity index (χ2v) is 5.71. The summed E-state index contributed by atoms with van der Waals surface area (Å²) >= 11 is 1.48. The third kappa shape index (κ3) is 1.73. The van der Waals surface area contributed by atoms with Crippen molar-refractivity contribution < 1.29 is 0 Å². The molecule has 4 aromatic rings. The van der Waals surface area contributed by atoms with Crippen LogP contribution in [-0.2, 0) is 0 Å². The Bertz CT molecular complexity index is 937. The van der Waals surface area contributed by atoms with E-state index in [0.717, 1.165) is 38.5 Å². The van der Waals surface area contributed by atoms with Crippen LogP contribution in [0.4, 0.5) is 5.13 Å². The third-order valence-electron chi connectivity index (χ3n) is 3.16. The second-order valence-electron chi connectivity index (χ2n) is 4.64. The number of hydrogen-bond acceptors (Lipinski definition) is 5. The highest BCUT2D eigenvalue weighted by atomic mass is 32.1. The average Bonchev–Trinajstić information content (AvgIpc) is 2.99. The summed E-state index contributed by atoms with van der Waals surface area (Å²) in [6, 6.07) is 9.97. The van der Waals surface area contributed by atoms with E-state index in [4.69, 9.17) is 5.73 Å². The fraction of sp³-hybridized carbons (Fsp3) is 0.0714. The molecule has 5 nitrogen and oxygen atoms in total. The van der Waals surface area contributed by atoms with E-state index >= 15 is 0 Å². The van der Waals surface area contributed by atoms with Crippen molar-refractivity contribution in [2.24, 2.45) is 0 Å². The van der Waals surface area contributed by atoms with Crippen molar-refractivity contribution in [3.05, 3.63) is 36.0 Å². The van der Waals surface area contributed by atoms with E-state index in [9.17, 15) is 0 Å². The van der Waals surface area contributed by atoms with Crippen LogP contribution in [0, 0.1) is 6.92 Å². The Kier molecular flexibility index (Phi) is 2.28. The molecule has 0 amide bonds. The van der Waals surface area contributed by atoms with Crippen molar-refractivity contribution in [2.45, 2.75) is 6.92 Å². The maximum Gasteiger partial charge on any atom is 0.181 e. The molecular weight excluding hydrogens is 270 g/mol. The Morgan fingerprint density at radius 3 is 2.90 bits per heavy atom. The minimum absolute atomic E-state index is 0.582. The number of aromatic nitrogens is 4. The number of hydrogen-bond donors (Lipinski definition) is 2. The van der Waals surface area contributed by atoms with E-state index in [1.807, 2.05) is 37.3 Å². The highest BCUT2D eigenvalue weighted by Gasteiger charge is 2.08. The largest absolute Gasteiger partial charge is 0.375 e. The van der Waals surface area contributed by atoms with Gasteiger partial charge in [-0.05, 0) is 37.3 Å². The number of imidazole rings is 1. The molecule has 0 radical (unpaired) electrons. The molecule has 0 unspecified atom stereocenters. The molecule has 20 heavy (non-hydrogen) atoms. The molecule has 1 aromatic carbocycles. The predicted octanol–water partition coefficient (Wildman–Crippen LogP) is 3.13. The second kappa shape index (κ2) is 4.01. The molecule has 98 valence electrons. The van der Waals surface area contributed by atoms with Gasteiger partial charge in [0, 0.05) is 11.3 Å². The molecular formula is C14H11N5S. The van der Waals surface area contributed by atoms with Crippen LogP contribution >= 0.6 is 11.3 Å². The van der Waals surface area contributed by atoms with E-state index in [2.05, 4.69) is 19.9 Å². The van der Waals surface area contributed by atoms with Gasteiger partial charge >= 0.3 is 0 Å². The maximum absolute atomic E-state index is 5.73. The summed E-state index contributed by atoms with van der Waals surface area (Å²) < 4.78 is 1.06. The quantitative estimate of drug-likeness (QED) is 0.561. The fourth-order valence-electron chi connectivity index (χ4n) is 2.21. The average molecular weight is 281 g/mol. The highest BCUT2D eigenvalue weighted by molar-refractivity contribution is 7.22. The fourth-order valence-corrected chi connectivity index (χ4v) is 2.99. The van der Waals surface area contributed by atoms with Gasteiger partial charge in [0.1, 0.15) is 5.82 Å². The van der Waals surface area contributed by atoms with Crippen LogP contribution in [0.25, 0.3) is 32.8 Å². The van der Waals surface area contributed by atoms with Crippen LogP contribution < -0.4 is 5.73 Å². The Labute approximate surface area is 118 Å². The van der Waals surface area contributed by atoms with Gasteiger partial charge in [-0.25, -0.2) is 15.0 Å². The molecule has 3 aromatic heterocycles. The molecule has 0 aliphatic rings. The molecule has 0 spiro atoms. The normalized spacial score (nSPS) is 11.4. The topological polar surface area (TPSA) is 80.5 Å². The van der Waals surface area contributed by atoms with Gasteiger partial charge in [-0.15, -0.1) is 0 Å². The van der Waals surface area contributed by atoms with Gasteiger partial charge in [0.05, 0.1) is 15.7 Å². The summed E-state index contributed by atoms with van der Waals surface area (Å²) in [6.07, 6.45) is 0. The molecule has 0 atom stereocenters. The number of aryl methyl sites for hydroxylation is 1. The number of rotatable bonds is 1.